The third-order valence-corrected chi connectivity index (χ3v) is 4.24. The molecule has 6 heteroatoms. The molecule has 3 aromatic rings. The molecule has 0 atom stereocenters. The molecule has 0 aliphatic carbocycles. The van der Waals surface area contributed by atoms with E-state index < -0.39 is 6.09 Å². The van der Waals surface area contributed by atoms with Gasteiger partial charge in [0.05, 0.1) is 0 Å². The lowest BCUT2D eigenvalue weighted by Gasteiger charge is -2.06. The SMILES string of the molecule is O=C(NCCC=Cc1ccc(-n2cc[nH]c2=S)cc1)OCc1ccccc1. The standard InChI is InChI=1S/C21H21N3O2S/c25-21(26-16-18-7-2-1-3-8-18)23-13-5-4-6-17-9-11-19(12-10-17)24-15-14-22-20(24)27/h1-4,6-12,14-15H,5,13,16H2,(H,22,27)(H,23,25). The molecule has 1 amide bonds. The predicted molar refractivity (Wildman–Crippen MR) is 109 cm³/mol. The molecule has 27 heavy (non-hydrogen) atoms. The summed E-state index contributed by atoms with van der Waals surface area (Å²) >= 11 is 5.22. The summed E-state index contributed by atoms with van der Waals surface area (Å²) in [4.78, 5) is 14.6. The number of imidazole rings is 1. The number of benzene rings is 2. The molecule has 2 aromatic carbocycles. The molecule has 0 spiro atoms. The summed E-state index contributed by atoms with van der Waals surface area (Å²) in [6.07, 6.45) is 8.08. The van der Waals surface area contributed by atoms with Crippen LogP contribution in [0.3, 0.4) is 0 Å². The number of rotatable bonds is 7. The molecule has 0 bridgehead atoms. The monoisotopic (exact) mass is 379 g/mol. The van der Waals surface area contributed by atoms with E-state index in [4.69, 9.17) is 17.0 Å². The lowest BCUT2D eigenvalue weighted by Crippen LogP contribution is -2.24. The van der Waals surface area contributed by atoms with Crippen LogP contribution in [0.2, 0.25) is 0 Å². The van der Waals surface area contributed by atoms with E-state index in [1.165, 1.54) is 0 Å². The molecular weight excluding hydrogens is 358 g/mol. The van der Waals surface area contributed by atoms with Gasteiger partial charge in [-0.05, 0) is 41.9 Å². The summed E-state index contributed by atoms with van der Waals surface area (Å²) < 4.78 is 7.74. The van der Waals surface area contributed by atoms with Gasteiger partial charge in [-0.25, -0.2) is 4.79 Å². The Labute approximate surface area is 163 Å². The molecule has 0 aliphatic rings. The van der Waals surface area contributed by atoms with Crippen molar-refractivity contribution in [3.8, 4) is 5.69 Å². The van der Waals surface area contributed by atoms with E-state index in [2.05, 4.69) is 10.3 Å². The zero-order valence-corrected chi connectivity index (χ0v) is 15.6. The van der Waals surface area contributed by atoms with E-state index >= 15 is 0 Å². The van der Waals surface area contributed by atoms with E-state index in [-0.39, 0.29) is 6.61 Å². The molecule has 138 valence electrons. The molecule has 2 N–H and O–H groups in total. The first kappa shape index (κ1) is 18.7. The van der Waals surface area contributed by atoms with Crippen LogP contribution >= 0.6 is 12.2 Å². The lowest BCUT2D eigenvalue weighted by molar-refractivity contribution is 0.140. The molecule has 0 saturated carbocycles. The maximum atomic E-state index is 11.7. The molecule has 0 saturated heterocycles. The van der Waals surface area contributed by atoms with Crippen molar-refractivity contribution in [1.82, 2.24) is 14.9 Å². The lowest BCUT2D eigenvalue weighted by atomic mass is 10.2. The van der Waals surface area contributed by atoms with Crippen LogP contribution in [0, 0.1) is 4.77 Å². The smallest absolute Gasteiger partial charge is 0.407 e. The van der Waals surface area contributed by atoms with Gasteiger partial charge in [-0.1, -0.05) is 54.6 Å². The first-order valence-electron chi connectivity index (χ1n) is 8.70. The highest BCUT2D eigenvalue weighted by molar-refractivity contribution is 7.71. The third kappa shape index (κ3) is 5.69. The fourth-order valence-corrected chi connectivity index (χ4v) is 2.76. The Morgan fingerprint density at radius 2 is 1.93 bits per heavy atom. The normalized spacial score (nSPS) is 10.8. The topological polar surface area (TPSA) is 59.0 Å². The number of hydrogen-bond acceptors (Lipinski definition) is 3. The molecular formula is C21H21N3O2S. The van der Waals surface area contributed by atoms with Gasteiger partial charge in [0.2, 0.25) is 0 Å². The van der Waals surface area contributed by atoms with Crippen molar-refractivity contribution in [2.75, 3.05) is 6.54 Å². The van der Waals surface area contributed by atoms with Crippen molar-refractivity contribution in [2.45, 2.75) is 13.0 Å². The van der Waals surface area contributed by atoms with E-state index in [9.17, 15) is 4.79 Å². The number of H-pyrrole nitrogens is 1. The maximum Gasteiger partial charge on any atom is 0.407 e. The van der Waals surface area contributed by atoms with Crippen LogP contribution in [0.4, 0.5) is 4.79 Å². The van der Waals surface area contributed by atoms with Crippen molar-refractivity contribution in [3.63, 3.8) is 0 Å². The van der Waals surface area contributed by atoms with Crippen LogP contribution in [0.15, 0.2) is 73.1 Å². The number of nitrogens with zero attached hydrogens (tertiary/aromatic N) is 1. The Hall–Kier alpha value is -3.12. The van der Waals surface area contributed by atoms with Crippen LogP contribution in [0.25, 0.3) is 11.8 Å². The molecule has 1 aromatic heterocycles. The van der Waals surface area contributed by atoms with E-state index in [0.717, 1.165) is 23.2 Å². The highest BCUT2D eigenvalue weighted by Crippen LogP contribution is 2.11. The van der Waals surface area contributed by atoms with Crippen molar-refractivity contribution in [1.29, 1.82) is 0 Å². The van der Waals surface area contributed by atoms with Gasteiger partial charge in [-0.2, -0.15) is 0 Å². The number of hydrogen-bond donors (Lipinski definition) is 2. The fraction of sp³-hybridized carbons (Fsp3) is 0.143. The molecule has 3 rings (SSSR count). The van der Waals surface area contributed by atoms with Crippen molar-refractivity contribution in [3.05, 3.63) is 89.0 Å². The molecule has 0 aliphatic heterocycles. The van der Waals surface area contributed by atoms with Crippen molar-refractivity contribution < 1.29 is 9.53 Å². The van der Waals surface area contributed by atoms with Gasteiger partial charge in [0.25, 0.3) is 0 Å². The van der Waals surface area contributed by atoms with E-state index in [1.54, 1.807) is 0 Å². The van der Waals surface area contributed by atoms with Crippen LogP contribution in [-0.4, -0.2) is 22.2 Å². The number of carbonyl (C=O) groups excluding carboxylic acids is 1. The van der Waals surface area contributed by atoms with Crippen LogP contribution in [0.1, 0.15) is 17.5 Å². The Morgan fingerprint density at radius 3 is 2.63 bits per heavy atom. The molecule has 0 fully saturated rings. The van der Waals surface area contributed by atoms with Gasteiger partial charge in [0, 0.05) is 24.6 Å². The third-order valence-electron chi connectivity index (χ3n) is 3.92. The Morgan fingerprint density at radius 1 is 1.15 bits per heavy atom. The summed E-state index contributed by atoms with van der Waals surface area (Å²) in [5, 5.41) is 2.74. The van der Waals surface area contributed by atoms with Gasteiger partial charge < -0.3 is 15.0 Å². The minimum Gasteiger partial charge on any atom is -0.445 e. The molecule has 0 unspecified atom stereocenters. The number of aromatic nitrogens is 2. The summed E-state index contributed by atoms with van der Waals surface area (Å²) in [6, 6.07) is 17.7. The summed E-state index contributed by atoms with van der Waals surface area (Å²) in [7, 11) is 0. The highest BCUT2D eigenvalue weighted by atomic mass is 32.1. The van der Waals surface area contributed by atoms with Crippen molar-refractivity contribution >= 4 is 24.4 Å². The number of nitrogens with one attached hydrogen (secondary N) is 2. The number of carbonyl (C=O) groups is 1. The predicted octanol–water partition coefficient (Wildman–Crippen LogP) is 4.86. The van der Waals surface area contributed by atoms with Gasteiger partial charge in [0.15, 0.2) is 4.77 Å². The minimum atomic E-state index is -0.403. The highest BCUT2D eigenvalue weighted by Gasteiger charge is 2.01. The molecule has 1 heterocycles. The Balaban J connectivity index is 1.38. The summed E-state index contributed by atoms with van der Waals surface area (Å²) in [6.45, 7) is 0.806. The maximum absolute atomic E-state index is 11.7. The van der Waals surface area contributed by atoms with Gasteiger partial charge in [0.1, 0.15) is 6.61 Å². The fourth-order valence-electron chi connectivity index (χ4n) is 2.52. The van der Waals surface area contributed by atoms with Gasteiger partial charge in [-0.3, -0.25) is 4.57 Å². The number of ether oxygens (including phenoxy) is 1. The largest absolute Gasteiger partial charge is 0.445 e. The van der Waals surface area contributed by atoms with Gasteiger partial charge >= 0.3 is 6.09 Å². The number of aromatic amines is 1. The number of alkyl carbamates (subject to hydrolysis) is 1. The van der Waals surface area contributed by atoms with Crippen LogP contribution in [-0.2, 0) is 11.3 Å². The first-order valence-corrected chi connectivity index (χ1v) is 9.11. The van der Waals surface area contributed by atoms with Gasteiger partial charge in [-0.15, -0.1) is 0 Å². The Bertz CT molecular complexity index is 943. The number of amides is 1. The minimum absolute atomic E-state index is 0.278. The van der Waals surface area contributed by atoms with Crippen LogP contribution in [0.5, 0.6) is 0 Å². The average Bonchev–Trinajstić information content (AvgIpc) is 3.13. The quantitative estimate of drug-likeness (QED) is 0.455. The average molecular weight is 379 g/mol. The summed E-state index contributed by atoms with van der Waals surface area (Å²) in [5.74, 6) is 0. The molecule has 5 nitrogen and oxygen atoms in total. The summed E-state index contributed by atoms with van der Waals surface area (Å²) in [5.41, 5.74) is 3.07. The second-order valence-corrected chi connectivity index (χ2v) is 6.29. The Kier molecular flexibility index (Phi) is 6.60. The zero-order chi connectivity index (χ0) is 18.9. The van der Waals surface area contributed by atoms with Crippen LogP contribution < -0.4 is 5.32 Å². The second-order valence-electron chi connectivity index (χ2n) is 5.91. The second kappa shape index (κ2) is 9.54. The van der Waals surface area contributed by atoms with E-state index in [1.807, 2.05) is 83.7 Å². The van der Waals surface area contributed by atoms with E-state index in [0.29, 0.717) is 11.3 Å². The first-order chi connectivity index (χ1) is 13.2. The zero-order valence-electron chi connectivity index (χ0n) is 14.8. The van der Waals surface area contributed by atoms with Crippen molar-refractivity contribution in [2.24, 2.45) is 0 Å². The molecule has 0 radical (unpaired) electrons.